The monoisotopic (exact) mass is 213 g/mol. The average molecular weight is 213 g/mol. The highest BCUT2D eigenvalue weighted by atomic mass is 16.6. The van der Waals surface area contributed by atoms with E-state index in [2.05, 4.69) is 10.6 Å². The largest absolute Gasteiger partial charge is 0.444 e. The highest BCUT2D eigenvalue weighted by molar-refractivity contribution is 5.68. The number of hydrogen-bond donors (Lipinski definition) is 2. The minimum atomic E-state index is -0.522. The molecular weight excluding hydrogens is 194 g/mol. The third-order valence-corrected chi connectivity index (χ3v) is 1.69. The Morgan fingerprint density at radius 2 is 2.00 bits per heavy atom. The highest BCUT2D eigenvalue weighted by Gasteiger charge is 2.21. The lowest BCUT2D eigenvalue weighted by atomic mass is 10.1. The van der Waals surface area contributed by atoms with Crippen LogP contribution in [0.5, 0.6) is 0 Å². The summed E-state index contributed by atoms with van der Waals surface area (Å²) in [4.78, 5) is 11.3. The predicted octanol–water partition coefficient (Wildman–Crippen LogP) is 1.01. The molecule has 5 nitrogen and oxygen atoms in total. The van der Waals surface area contributed by atoms with Crippen molar-refractivity contribution in [3.05, 3.63) is 0 Å². The van der Waals surface area contributed by atoms with Crippen LogP contribution >= 0.6 is 0 Å². The van der Waals surface area contributed by atoms with E-state index in [0.717, 1.165) is 0 Å². The first kappa shape index (κ1) is 13.7. The van der Waals surface area contributed by atoms with Gasteiger partial charge in [0, 0.05) is 0 Å². The van der Waals surface area contributed by atoms with Gasteiger partial charge in [-0.1, -0.05) is 0 Å². The van der Waals surface area contributed by atoms with Crippen molar-refractivity contribution in [1.29, 1.82) is 5.26 Å². The van der Waals surface area contributed by atoms with Crippen molar-refractivity contribution in [2.45, 2.75) is 45.4 Å². The lowest BCUT2D eigenvalue weighted by Crippen LogP contribution is -2.47. The molecule has 2 N–H and O–H groups in total. The summed E-state index contributed by atoms with van der Waals surface area (Å²) in [6.07, 6.45) is -0.509. The van der Waals surface area contributed by atoms with E-state index in [1.54, 1.807) is 34.7 Å². The van der Waals surface area contributed by atoms with Crippen LogP contribution in [-0.4, -0.2) is 30.8 Å². The summed E-state index contributed by atoms with van der Waals surface area (Å²) >= 11 is 0. The van der Waals surface area contributed by atoms with Crippen LogP contribution in [0.25, 0.3) is 0 Å². The summed E-state index contributed by atoms with van der Waals surface area (Å²) in [5, 5.41) is 14.1. The number of ether oxygens (including phenoxy) is 1. The Labute approximate surface area is 90.8 Å². The molecule has 0 aromatic heterocycles. The molecule has 0 saturated carbocycles. The zero-order valence-corrected chi connectivity index (χ0v) is 9.92. The number of hydrogen-bond acceptors (Lipinski definition) is 4. The number of amides is 1. The van der Waals surface area contributed by atoms with Gasteiger partial charge in [0.2, 0.25) is 0 Å². The first-order valence-electron chi connectivity index (χ1n) is 4.86. The van der Waals surface area contributed by atoms with E-state index in [9.17, 15) is 4.79 Å². The van der Waals surface area contributed by atoms with Gasteiger partial charge in [0.25, 0.3) is 0 Å². The van der Waals surface area contributed by atoms with Gasteiger partial charge in [0.05, 0.1) is 12.1 Å². The number of rotatable bonds is 3. The lowest BCUT2D eigenvalue weighted by molar-refractivity contribution is 0.0503. The average Bonchev–Trinajstić information content (AvgIpc) is 2.02. The summed E-state index contributed by atoms with van der Waals surface area (Å²) in [6.45, 7) is 7.11. The van der Waals surface area contributed by atoms with E-state index in [1.807, 2.05) is 6.07 Å². The molecule has 0 fully saturated rings. The lowest BCUT2D eigenvalue weighted by Gasteiger charge is -2.23. The summed E-state index contributed by atoms with van der Waals surface area (Å²) in [6, 6.07) is 1.32. The van der Waals surface area contributed by atoms with Crippen LogP contribution in [0.2, 0.25) is 0 Å². The molecular formula is C10H19N3O2. The molecule has 0 saturated heterocycles. The van der Waals surface area contributed by atoms with Crippen molar-refractivity contribution in [2.75, 3.05) is 7.05 Å². The standard InChI is InChI=1S/C10H19N3O2/c1-7(8(6-11)12-5)13-9(14)15-10(2,3)4/h7-8,12H,1-5H3,(H,13,14). The number of alkyl carbamates (subject to hydrolysis) is 1. The number of nitrogens with one attached hydrogen (secondary N) is 2. The second-order valence-corrected chi connectivity index (χ2v) is 4.33. The summed E-state index contributed by atoms with van der Waals surface area (Å²) in [5.74, 6) is 0. The molecule has 2 unspecified atom stereocenters. The Morgan fingerprint density at radius 3 is 2.33 bits per heavy atom. The second kappa shape index (κ2) is 5.56. The Balaban J connectivity index is 4.14. The Kier molecular flexibility index (Phi) is 5.09. The molecule has 0 aromatic rings. The fourth-order valence-corrected chi connectivity index (χ4v) is 1.00. The fraction of sp³-hybridized carbons (Fsp3) is 0.800. The maximum Gasteiger partial charge on any atom is 0.407 e. The predicted molar refractivity (Wildman–Crippen MR) is 57.3 cm³/mol. The van der Waals surface area contributed by atoms with Gasteiger partial charge >= 0.3 is 6.09 Å². The molecule has 0 bridgehead atoms. The van der Waals surface area contributed by atoms with Crippen LogP contribution < -0.4 is 10.6 Å². The van der Waals surface area contributed by atoms with Crippen molar-refractivity contribution >= 4 is 6.09 Å². The van der Waals surface area contributed by atoms with Gasteiger partial charge < -0.3 is 15.4 Å². The van der Waals surface area contributed by atoms with Crippen molar-refractivity contribution < 1.29 is 9.53 Å². The first-order chi connectivity index (χ1) is 6.80. The first-order valence-corrected chi connectivity index (χ1v) is 4.86. The Morgan fingerprint density at radius 1 is 1.47 bits per heavy atom. The summed E-state index contributed by atoms with van der Waals surface area (Å²) in [7, 11) is 1.67. The second-order valence-electron chi connectivity index (χ2n) is 4.33. The number of nitriles is 1. The van der Waals surface area contributed by atoms with Crippen LogP contribution in [0.15, 0.2) is 0 Å². The maximum atomic E-state index is 11.3. The third kappa shape index (κ3) is 5.92. The topological polar surface area (TPSA) is 74.2 Å². The van der Waals surface area contributed by atoms with E-state index in [4.69, 9.17) is 10.00 Å². The smallest absolute Gasteiger partial charge is 0.407 e. The van der Waals surface area contributed by atoms with Crippen molar-refractivity contribution in [3.63, 3.8) is 0 Å². The maximum absolute atomic E-state index is 11.3. The molecule has 0 aliphatic rings. The van der Waals surface area contributed by atoms with Crippen LogP contribution in [0.4, 0.5) is 4.79 Å². The van der Waals surface area contributed by atoms with Crippen molar-refractivity contribution in [1.82, 2.24) is 10.6 Å². The van der Waals surface area contributed by atoms with Crippen molar-refractivity contribution in [3.8, 4) is 6.07 Å². The molecule has 0 radical (unpaired) electrons. The van der Waals surface area contributed by atoms with Gasteiger partial charge in [0.1, 0.15) is 11.6 Å². The van der Waals surface area contributed by atoms with Gasteiger partial charge in [-0.05, 0) is 34.7 Å². The van der Waals surface area contributed by atoms with E-state index in [-0.39, 0.29) is 6.04 Å². The summed E-state index contributed by atoms with van der Waals surface area (Å²) < 4.78 is 5.06. The molecule has 0 rings (SSSR count). The molecule has 0 aromatic carbocycles. The highest BCUT2D eigenvalue weighted by Crippen LogP contribution is 2.07. The van der Waals surface area contributed by atoms with E-state index < -0.39 is 17.7 Å². The van der Waals surface area contributed by atoms with Gasteiger partial charge in [-0.2, -0.15) is 5.26 Å². The Bertz CT molecular complexity index is 252. The van der Waals surface area contributed by atoms with Gasteiger partial charge in [0.15, 0.2) is 0 Å². The molecule has 1 amide bonds. The fourth-order valence-electron chi connectivity index (χ4n) is 1.00. The zero-order chi connectivity index (χ0) is 12.1. The van der Waals surface area contributed by atoms with Crippen LogP contribution in [0, 0.1) is 11.3 Å². The molecule has 0 heterocycles. The number of carbonyl (C=O) groups is 1. The molecule has 0 aliphatic heterocycles. The number of nitrogens with zero attached hydrogens (tertiary/aromatic N) is 1. The third-order valence-electron chi connectivity index (χ3n) is 1.69. The minimum Gasteiger partial charge on any atom is -0.444 e. The SMILES string of the molecule is CNC(C#N)C(C)NC(=O)OC(C)(C)C. The summed E-state index contributed by atoms with van der Waals surface area (Å²) in [5.41, 5.74) is -0.522. The van der Waals surface area contributed by atoms with Gasteiger partial charge in [-0.25, -0.2) is 4.79 Å². The van der Waals surface area contributed by atoms with E-state index >= 15 is 0 Å². The normalized spacial score (nSPS) is 14.9. The Hall–Kier alpha value is -1.28. The quantitative estimate of drug-likeness (QED) is 0.733. The van der Waals surface area contributed by atoms with Crippen LogP contribution in [-0.2, 0) is 4.74 Å². The van der Waals surface area contributed by atoms with E-state index in [0.29, 0.717) is 0 Å². The minimum absolute atomic E-state index is 0.296. The molecule has 0 aliphatic carbocycles. The van der Waals surface area contributed by atoms with Crippen LogP contribution in [0.3, 0.4) is 0 Å². The van der Waals surface area contributed by atoms with Gasteiger partial charge in [-0.15, -0.1) is 0 Å². The van der Waals surface area contributed by atoms with Crippen molar-refractivity contribution in [2.24, 2.45) is 0 Å². The molecule has 15 heavy (non-hydrogen) atoms. The molecule has 86 valence electrons. The molecule has 0 spiro atoms. The molecule has 2 atom stereocenters. The van der Waals surface area contributed by atoms with E-state index in [1.165, 1.54) is 0 Å². The number of carbonyl (C=O) groups excluding carboxylic acids is 1. The number of likely N-dealkylation sites (N-methyl/N-ethyl adjacent to an activating group) is 1. The van der Waals surface area contributed by atoms with Crippen LogP contribution in [0.1, 0.15) is 27.7 Å². The van der Waals surface area contributed by atoms with Gasteiger partial charge in [-0.3, -0.25) is 0 Å². The zero-order valence-electron chi connectivity index (χ0n) is 9.92. The molecule has 5 heteroatoms.